The van der Waals surface area contributed by atoms with E-state index in [2.05, 4.69) is 5.09 Å². The minimum absolute atomic E-state index is 0.148. The lowest BCUT2D eigenvalue weighted by Crippen LogP contribution is -2.37. The van der Waals surface area contributed by atoms with E-state index in [-0.39, 0.29) is 24.5 Å². The van der Waals surface area contributed by atoms with Crippen molar-refractivity contribution in [1.29, 1.82) is 0 Å². The summed E-state index contributed by atoms with van der Waals surface area (Å²) in [5, 5.41) is 2.43. The Bertz CT molecular complexity index is 551. The predicted molar refractivity (Wildman–Crippen MR) is 92.8 cm³/mol. The number of hydrogen-bond acceptors (Lipinski definition) is 4. The maximum absolute atomic E-state index is 13.3. The van der Waals surface area contributed by atoms with Gasteiger partial charge < -0.3 is 9.26 Å². The third kappa shape index (κ3) is 6.00. The molecule has 0 fully saturated rings. The van der Waals surface area contributed by atoms with Crippen LogP contribution in [0, 0.1) is 5.92 Å². The third-order valence-corrected chi connectivity index (χ3v) is 6.21. The summed E-state index contributed by atoms with van der Waals surface area (Å²) in [5.41, 5.74) is 0. The van der Waals surface area contributed by atoms with Crippen LogP contribution in [0.2, 0.25) is 0 Å². The first-order valence-corrected chi connectivity index (χ1v) is 9.47. The van der Waals surface area contributed by atoms with E-state index >= 15 is 0 Å². The molecule has 1 N–H and O–H groups in total. The van der Waals surface area contributed by atoms with Crippen molar-refractivity contribution in [2.24, 2.45) is 5.92 Å². The summed E-state index contributed by atoms with van der Waals surface area (Å²) >= 11 is 0. The SMILES string of the molecule is CC(C)C(=O)OC[C@H](C)N[P@@](=O)(Oc1ccccc1)C(C)(C)C. The number of esters is 1. The number of carbonyl (C=O) groups excluding carboxylic acids is 1. The Hall–Kier alpha value is -1.32. The minimum Gasteiger partial charge on any atom is -0.464 e. The van der Waals surface area contributed by atoms with Crippen LogP contribution >= 0.6 is 7.52 Å². The van der Waals surface area contributed by atoms with E-state index in [9.17, 15) is 9.36 Å². The Morgan fingerprint density at radius 3 is 2.22 bits per heavy atom. The fourth-order valence-electron chi connectivity index (χ4n) is 1.69. The molecular weight excluding hydrogens is 313 g/mol. The molecule has 6 heteroatoms. The van der Waals surface area contributed by atoms with Crippen LogP contribution in [-0.4, -0.2) is 23.8 Å². The third-order valence-electron chi connectivity index (χ3n) is 3.20. The second kappa shape index (κ2) is 7.98. The largest absolute Gasteiger partial charge is 0.464 e. The molecule has 1 aromatic rings. The van der Waals surface area contributed by atoms with Crippen molar-refractivity contribution in [3.8, 4) is 5.75 Å². The molecule has 0 bridgehead atoms. The van der Waals surface area contributed by atoms with Crippen molar-refractivity contribution < 1.29 is 18.6 Å². The summed E-state index contributed by atoms with van der Waals surface area (Å²) in [6, 6.07) is 8.78. The molecule has 0 aliphatic heterocycles. The van der Waals surface area contributed by atoms with Gasteiger partial charge in [0.2, 0.25) is 0 Å². The van der Waals surface area contributed by atoms with Crippen LogP contribution in [0.3, 0.4) is 0 Å². The van der Waals surface area contributed by atoms with Crippen molar-refractivity contribution in [2.75, 3.05) is 6.61 Å². The van der Waals surface area contributed by atoms with E-state index < -0.39 is 12.7 Å². The highest BCUT2D eigenvalue weighted by Gasteiger charge is 2.40. The van der Waals surface area contributed by atoms with Crippen LogP contribution in [0.4, 0.5) is 0 Å². The number of benzene rings is 1. The molecule has 0 radical (unpaired) electrons. The molecule has 0 spiro atoms. The van der Waals surface area contributed by atoms with Crippen LogP contribution in [0.5, 0.6) is 5.75 Å². The molecule has 0 saturated carbocycles. The molecule has 0 heterocycles. The first-order valence-electron chi connectivity index (χ1n) is 7.84. The lowest BCUT2D eigenvalue weighted by Gasteiger charge is -2.33. The zero-order valence-corrected chi connectivity index (χ0v) is 15.7. The predicted octanol–water partition coefficient (Wildman–Crippen LogP) is 4.23. The van der Waals surface area contributed by atoms with Gasteiger partial charge in [0, 0.05) is 6.04 Å². The second-order valence-corrected chi connectivity index (χ2v) is 9.83. The summed E-state index contributed by atoms with van der Waals surface area (Å²) in [6.45, 7) is 11.1. The standard InChI is InChI=1S/C17H28NO4P/c1-13(2)16(19)21-12-14(3)18-23(20,17(4,5)6)22-15-10-8-7-9-11-15/h7-11,13-14H,12H2,1-6H3,(H,18,20)/t14-,23-/m0/s1. The highest BCUT2D eigenvalue weighted by Crippen LogP contribution is 2.55. The van der Waals surface area contributed by atoms with Gasteiger partial charge >= 0.3 is 13.5 Å². The fraction of sp³-hybridized carbons (Fsp3) is 0.588. The van der Waals surface area contributed by atoms with Crippen molar-refractivity contribution in [2.45, 2.75) is 52.7 Å². The van der Waals surface area contributed by atoms with E-state index in [4.69, 9.17) is 9.26 Å². The number of carbonyl (C=O) groups is 1. The van der Waals surface area contributed by atoms with Crippen LogP contribution < -0.4 is 9.61 Å². The van der Waals surface area contributed by atoms with Crippen molar-refractivity contribution in [3.63, 3.8) is 0 Å². The summed E-state index contributed by atoms with van der Waals surface area (Å²) in [7, 11) is -3.21. The lowest BCUT2D eigenvalue weighted by molar-refractivity contribution is -0.147. The van der Waals surface area contributed by atoms with Gasteiger partial charge in [-0.25, -0.2) is 5.09 Å². The number of ether oxygens (including phenoxy) is 1. The molecule has 0 aliphatic carbocycles. The molecule has 5 nitrogen and oxygen atoms in total. The molecule has 0 aromatic heterocycles. The Kier molecular flexibility index (Phi) is 6.84. The Morgan fingerprint density at radius 2 is 1.74 bits per heavy atom. The average molecular weight is 341 g/mol. The van der Waals surface area contributed by atoms with Crippen molar-refractivity contribution in [3.05, 3.63) is 30.3 Å². The number of nitrogens with one attached hydrogen (secondary N) is 1. The van der Waals surface area contributed by atoms with Gasteiger partial charge in [0.25, 0.3) is 0 Å². The van der Waals surface area contributed by atoms with Crippen molar-refractivity contribution >= 4 is 13.5 Å². The quantitative estimate of drug-likeness (QED) is 0.594. The summed E-state index contributed by atoms with van der Waals surface area (Å²) in [6.07, 6.45) is 0. The van der Waals surface area contributed by atoms with Gasteiger partial charge in [0.1, 0.15) is 12.4 Å². The van der Waals surface area contributed by atoms with E-state index in [0.29, 0.717) is 5.75 Å². The number of hydrogen-bond donors (Lipinski definition) is 1. The summed E-state index contributed by atoms with van der Waals surface area (Å²) < 4.78 is 24.3. The van der Waals surface area contributed by atoms with E-state index in [1.807, 2.05) is 45.9 Å². The molecule has 0 unspecified atom stereocenters. The maximum Gasteiger partial charge on any atom is 0.322 e. The topological polar surface area (TPSA) is 64.6 Å². The Labute approximate surface area is 139 Å². The molecule has 1 rings (SSSR count). The van der Waals surface area contributed by atoms with Gasteiger partial charge in [-0.1, -0.05) is 32.0 Å². The van der Waals surface area contributed by atoms with Gasteiger partial charge in [-0.2, -0.15) is 0 Å². The van der Waals surface area contributed by atoms with Crippen LogP contribution in [0.1, 0.15) is 41.5 Å². The van der Waals surface area contributed by atoms with Crippen molar-refractivity contribution in [1.82, 2.24) is 5.09 Å². The highest BCUT2D eigenvalue weighted by atomic mass is 31.2. The van der Waals surface area contributed by atoms with Gasteiger partial charge in [0.05, 0.1) is 11.1 Å². The summed E-state index contributed by atoms with van der Waals surface area (Å²) in [4.78, 5) is 11.6. The minimum atomic E-state index is -3.21. The molecule has 2 atom stereocenters. The van der Waals surface area contributed by atoms with Crippen LogP contribution in [-0.2, 0) is 14.1 Å². The molecule has 0 saturated heterocycles. The Balaban J connectivity index is 2.79. The molecule has 0 aliphatic rings. The van der Waals surface area contributed by atoms with Gasteiger partial charge in [-0.15, -0.1) is 0 Å². The monoisotopic (exact) mass is 341 g/mol. The number of rotatable bonds is 7. The van der Waals surface area contributed by atoms with Gasteiger partial charge in [-0.3, -0.25) is 9.36 Å². The zero-order valence-electron chi connectivity index (χ0n) is 14.8. The second-order valence-electron chi connectivity index (χ2n) is 6.94. The van der Waals surface area contributed by atoms with Gasteiger partial charge in [0.15, 0.2) is 0 Å². The maximum atomic E-state index is 13.3. The first-order chi connectivity index (χ1) is 10.5. The van der Waals surface area contributed by atoms with Gasteiger partial charge in [-0.05, 0) is 39.8 Å². The van der Waals surface area contributed by atoms with Crippen LogP contribution in [0.25, 0.3) is 0 Å². The molecule has 23 heavy (non-hydrogen) atoms. The van der Waals surface area contributed by atoms with Crippen LogP contribution in [0.15, 0.2) is 30.3 Å². The van der Waals surface area contributed by atoms with E-state index in [1.54, 1.807) is 26.0 Å². The molecular formula is C17H28NO4P. The molecule has 1 aromatic carbocycles. The molecule has 130 valence electrons. The van der Waals surface area contributed by atoms with E-state index in [1.165, 1.54) is 0 Å². The summed E-state index contributed by atoms with van der Waals surface area (Å²) in [5.74, 6) is 0.0926. The molecule has 0 amide bonds. The Morgan fingerprint density at radius 1 is 1.17 bits per heavy atom. The normalized spacial score (nSPS) is 15.8. The lowest BCUT2D eigenvalue weighted by atomic mass is 10.2. The fourth-order valence-corrected chi connectivity index (χ4v) is 3.48. The van der Waals surface area contributed by atoms with E-state index in [0.717, 1.165) is 0 Å². The highest BCUT2D eigenvalue weighted by molar-refractivity contribution is 7.58. The number of para-hydroxylation sites is 1. The zero-order chi connectivity index (χ0) is 17.7. The smallest absolute Gasteiger partial charge is 0.322 e. The first kappa shape index (κ1) is 19.7. The average Bonchev–Trinajstić information content (AvgIpc) is 2.44.